The molecule has 0 fully saturated rings. The quantitative estimate of drug-likeness (QED) is 0.328. The Morgan fingerprint density at radius 1 is 0.765 bits per heavy atom. The van der Waals surface area contributed by atoms with Crippen LogP contribution in [0.25, 0.3) is 0 Å². The van der Waals surface area contributed by atoms with Crippen molar-refractivity contribution in [2.24, 2.45) is 0 Å². The van der Waals surface area contributed by atoms with Gasteiger partial charge in [-0.25, -0.2) is 0 Å². The van der Waals surface area contributed by atoms with Crippen molar-refractivity contribution in [1.82, 2.24) is 0 Å². The van der Waals surface area contributed by atoms with Crippen molar-refractivity contribution in [2.75, 3.05) is 0 Å². The highest BCUT2D eigenvalue weighted by Gasteiger charge is 2.21. The molecule has 0 saturated heterocycles. The Morgan fingerprint density at radius 2 is 1.24 bits per heavy atom. The van der Waals surface area contributed by atoms with Gasteiger partial charge in [-0.15, -0.1) is 0 Å². The van der Waals surface area contributed by atoms with Crippen LogP contribution in [0.2, 0.25) is 0 Å². The van der Waals surface area contributed by atoms with Gasteiger partial charge < -0.3 is 0 Å². The fourth-order valence-electron chi connectivity index (χ4n) is 1.79. The van der Waals surface area contributed by atoms with E-state index < -0.39 is 6.18 Å². The number of hydrogen-bond donors (Lipinski definition) is 0. The zero-order chi connectivity index (χ0) is 13.0. The molecule has 0 aliphatic carbocycles. The largest absolute Gasteiger partial charge is 0.409 e. The summed E-state index contributed by atoms with van der Waals surface area (Å²) in [5.74, 6) is 0. The van der Waals surface area contributed by atoms with Crippen LogP contribution in [-0.4, -0.2) is 6.18 Å². The number of rotatable bonds is 10. The van der Waals surface area contributed by atoms with Crippen molar-refractivity contribution < 1.29 is 13.2 Å². The summed E-state index contributed by atoms with van der Waals surface area (Å²) < 4.78 is 35.2. The molecule has 0 atom stereocenters. The minimum atomic E-state index is -4.14. The van der Waals surface area contributed by atoms with Gasteiger partial charge >= 0.3 is 6.18 Å². The molecule has 0 N–H and O–H groups in total. The van der Waals surface area contributed by atoms with E-state index in [0.29, 0.717) is 12.5 Å². The van der Waals surface area contributed by atoms with E-state index in [0.717, 1.165) is 19.3 Å². The molecule has 3 heteroatoms. The molecule has 17 heavy (non-hydrogen) atoms. The molecular formula is C14H25F3. The van der Waals surface area contributed by atoms with Gasteiger partial charge in [0.1, 0.15) is 0 Å². The van der Waals surface area contributed by atoms with Gasteiger partial charge in [0.25, 0.3) is 0 Å². The maximum Gasteiger partial charge on any atom is 0.409 e. The average molecular weight is 250 g/mol. The Labute approximate surface area is 103 Å². The van der Waals surface area contributed by atoms with Gasteiger partial charge in [-0.05, 0) is 12.8 Å². The molecule has 0 amide bonds. The zero-order valence-electron chi connectivity index (χ0n) is 10.9. The van der Waals surface area contributed by atoms with E-state index in [1.165, 1.54) is 44.6 Å². The first-order valence-electron chi connectivity index (χ1n) is 6.80. The zero-order valence-corrected chi connectivity index (χ0v) is 10.9. The third-order valence-corrected chi connectivity index (χ3v) is 2.78. The molecule has 0 radical (unpaired) electrons. The predicted octanol–water partition coefficient (Wildman–Crippen LogP) is 6.03. The number of allylic oxidation sites excluding steroid dienone is 2. The number of halogens is 3. The molecule has 0 aromatic carbocycles. The lowest BCUT2D eigenvalue weighted by molar-refractivity contribution is -0.0800. The molecule has 0 rings (SSSR count). The molecule has 102 valence electrons. The fraction of sp³-hybridized carbons (Fsp3) is 0.857. The van der Waals surface area contributed by atoms with E-state index in [4.69, 9.17) is 0 Å². The minimum Gasteiger partial charge on any atom is -0.167 e. The second kappa shape index (κ2) is 10.7. The third-order valence-electron chi connectivity index (χ3n) is 2.78. The Balaban J connectivity index is 3.11. The summed E-state index contributed by atoms with van der Waals surface area (Å²) in [7, 11) is 0. The van der Waals surface area contributed by atoms with Crippen LogP contribution in [0, 0.1) is 0 Å². The monoisotopic (exact) mass is 250 g/mol. The number of hydrogen-bond acceptors (Lipinski definition) is 0. The molecule has 0 unspecified atom stereocenters. The van der Waals surface area contributed by atoms with Gasteiger partial charge in [-0.1, -0.05) is 64.4 Å². The van der Waals surface area contributed by atoms with Gasteiger partial charge in [0.05, 0.1) is 0 Å². The Bertz CT molecular complexity index is 182. The van der Waals surface area contributed by atoms with Gasteiger partial charge in [-0.3, -0.25) is 0 Å². The van der Waals surface area contributed by atoms with Gasteiger partial charge in [-0.2, -0.15) is 13.2 Å². The molecule has 0 aromatic heterocycles. The summed E-state index contributed by atoms with van der Waals surface area (Å²) in [6.07, 6.45) is 8.81. The van der Waals surface area contributed by atoms with Crippen molar-refractivity contribution in [3.8, 4) is 0 Å². The van der Waals surface area contributed by atoms with Crippen LogP contribution in [0.4, 0.5) is 13.2 Å². The molecule has 0 aliphatic rings. The lowest BCUT2D eigenvalue weighted by atomic mass is 10.1. The summed E-state index contributed by atoms with van der Waals surface area (Å²) in [6, 6.07) is 0. The summed E-state index contributed by atoms with van der Waals surface area (Å²) in [5.41, 5.74) is 0. The van der Waals surface area contributed by atoms with Crippen LogP contribution in [0.15, 0.2) is 12.2 Å². The minimum absolute atomic E-state index is 0.345. The van der Waals surface area contributed by atoms with Crippen molar-refractivity contribution >= 4 is 0 Å². The highest BCUT2D eigenvalue weighted by Crippen LogP contribution is 2.17. The Kier molecular flexibility index (Phi) is 10.4. The average Bonchev–Trinajstić information content (AvgIpc) is 2.24. The van der Waals surface area contributed by atoms with Crippen LogP contribution in [0.5, 0.6) is 0 Å². The van der Waals surface area contributed by atoms with Crippen molar-refractivity contribution in [3.63, 3.8) is 0 Å². The molecular weight excluding hydrogens is 225 g/mol. The van der Waals surface area contributed by atoms with Crippen LogP contribution < -0.4 is 0 Å². The lowest BCUT2D eigenvalue weighted by Crippen LogP contribution is -2.00. The van der Waals surface area contributed by atoms with Gasteiger partial charge in [0, 0.05) is 6.08 Å². The smallest absolute Gasteiger partial charge is 0.167 e. The first kappa shape index (κ1) is 16.5. The third kappa shape index (κ3) is 15.5. The van der Waals surface area contributed by atoms with Crippen molar-refractivity contribution in [3.05, 3.63) is 12.2 Å². The van der Waals surface area contributed by atoms with Crippen molar-refractivity contribution in [1.29, 1.82) is 0 Å². The molecule has 0 heterocycles. The molecule has 0 nitrogen and oxygen atoms in total. The second-order valence-electron chi connectivity index (χ2n) is 4.56. The van der Waals surface area contributed by atoms with E-state index in [2.05, 4.69) is 6.92 Å². The van der Waals surface area contributed by atoms with E-state index in [9.17, 15) is 13.2 Å². The molecule has 0 spiro atoms. The highest BCUT2D eigenvalue weighted by molar-refractivity contribution is 4.88. The SMILES string of the molecule is CCCCCCCCCCC/C=C/C(F)(F)F. The predicted molar refractivity (Wildman–Crippen MR) is 67.0 cm³/mol. The Hall–Kier alpha value is -0.470. The highest BCUT2D eigenvalue weighted by atomic mass is 19.4. The molecule has 0 aromatic rings. The fourth-order valence-corrected chi connectivity index (χ4v) is 1.79. The van der Waals surface area contributed by atoms with Gasteiger partial charge in [0.2, 0.25) is 0 Å². The van der Waals surface area contributed by atoms with Crippen LogP contribution in [-0.2, 0) is 0 Å². The lowest BCUT2D eigenvalue weighted by Gasteiger charge is -2.01. The normalized spacial score (nSPS) is 12.5. The summed E-state index contributed by atoms with van der Waals surface area (Å²) in [4.78, 5) is 0. The molecule has 0 bridgehead atoms. The van der Waals surface area contributed by atoms with Crippen LogP contribution in [0.3, 0.4) is 0 Å². The topological polar surface area (TPSA) is 0 Å². The van der Waals surface area contributed by atoms with Crippen LogP contribution >= 0.6 is 0 Å². The number of alkyl halides is 3. The molecule has 0 aliphatic heterocycles. The maximum absolute atomic E-state index is 11.7. The van der Waals surface area contributed by atoms with Gasteiger partial charge in [0.15, 0.2) is 0 Å². The molecule has 0 saturated carbocycles. The summed E-state index contributed by atoms with van der Waals surface area (Å²) in [6.45, 7) is 2.20. The van der Waals surface area contributed by atoms with E-state index in [-0.39, 0.29) is 0 Å². The van der Waals surface area contributed by atoms with E-state index in [1.807, 2.05) is 0 Å². The van der Waals surface area contributed by atoms with Crippen LogP contribution in [0.1, 0.15) is 71.1 Å². The summed E-state index contributed by atoms with van der Waals surface area (Å²) >= 11 is 0. The van der Waals surface area contributed by atoms with Crippen molar-refractivity contribution in [2.45, 2.75) is 77.3 Å². The standard InChI is InChI=1S/C14H25F3/c1-2-3-4-5-6-7-8-9-10-11-12-13-14(15,16)17/h12-13H,2-11H2,1H3/b13-12+. The maximum atomic E-state index is 11.7. The van der Waals surface area contributed by atoms with E-state index in [1.54, 1.807) is 0 Å². The first-order chi connectivity index (χ1) is 8.06. The Morgan fingerprint density at radius 3 is 1.71 bits per heavy atom. The second-order valence-corrected chi connectivity index (χ2v) is 4.56. The van der Waals surface area contributed by atoms with E-state index >= 15 is 0 Å². The number of unbranched alkanes of at least 4 members (excludes halogenated alkanes) is 9. The first-order valence-corrected chi connectivity index (χ1v) is 6.80. The summed E-state index contributed by atoms with van der Waals surface area (Å²) in [5, 5.41) is 0.